The Balaban J connectivity index is 2.13. The van der Waals surface area contributed by atoms with E-state index in [1.54, 1.807) is 12.1 Å². The summed E-state index contributed by atoms with van der Waals surface area (Å²) in [4.78, 5) is 2.14. The first-order chi connectivity index (χ1) is 9.20. The van der Waals surface area contributed by atoms with Gasteiger partial charge in [0.05, 0.1) is 12.3 Å². The van der Waals surface area contributed by atoms with E-state index in [0.29, 0.717) is 6.61 Å². The number of halogens is 1. The summed E-state index contributed by atoms with van der Waals surface area (Å²) in [6.07, 6.45) is 4.19. The molecule has 106 valence electrons. The molecule has 2 rings (SSSR count). The van der Waals surface area contributed by atoms with E-state index in [4.69, 9.17) is 10.5 Å². The summed E-state index contributed by atoms with van der Waals surface area (Å²) in [5.41, 5.74) is 6.84. The van der Waals surface area contributed by atoms with Crippen LogP contribution < -0.4 is 15.4 Å². The average molecular weight is 266 g/mol. The summed E-state index contributed by atoms with van der Waals surface area (Å²) in [6.45, 7) is 4.49. The number of unbranched alkanes of at least 4 members (excludes halogenated alkanes) is 1. The number of nitrogens with zero attached hydrogens (tertiary/aromatic N) is 1. The highest BCUT2D eigenvalue weighted by molar-refractivity contribution is 5.59. The second kappa shape index (κ2) is 6.75. The van der Waals surface area contributed by atoms with Gasteiger partial charge >= 0.3 is 0 Å². The molecule has 1 atom stereocenters. The van der Waals surface area contributed by atoms with E-state index in [2.05, 4.69) is 11.8 Å². The molecule has 0 aliphatic carbocycles. The molecule has 2 N–H and O–H groups in total. The topological polar surface area (TPSA) is 38.5 Å². The number of nitrogens with two attached hydrogens (primary N) is 1. The van der Waals surface area contributed by atoms with Crippen LogP contribution in [0.25, 0.3) is 0 Å². The average Bonchev–Trinajstić information content (AvgIpc) is 2.40. The second-order valence-corrected chi connectivity index (χ2v) is 5.16. The van der Waals surface area contributed by atoms with Gasteiger partial charge in [-0.05, 0) is 31.4 Å². The lowest BCUT2D eigenvalue weighted by Gasteiger charge is -2.33. The van der Waals surface area contributed by atoms with Gasteiger partial charge in [-0.25, -0.2) is 4.39 Å². The Morgan fingerprint density at radius 1 is 1.47 bits per heavy atom. The largest absolute Gasteiger partial charge is 0.491 e. The van der Waals surface area contributed by atoms with Crippen molar-refractivity contribution in [2.75, 3.05) is 24.6 Å². The SMILES string of the molecule is CCCCOc1ccc(F)cc1N1CCCC(N)C1. The summed E-state index contributed by atoms with van der Waals surface area (Å²) in [7, 11) is 0. The Hall–Kier alpha value is -1.29. The van der Waals surface area contributed by atoms with Crippen LogP contribution in [0.15, 0.2) is 18.2 Å². The standard InChI is InChI=1S/C15H23FN2O/c1-2-3-9-19-15-7-6-12(16)10-14(15)18-8-4-5-13(17)11-18/h6-7,10,13H,2-5,8-9,11,17H2,1H3. The van der Waals surface area contributed by atoms with Gasteiger partial charge in [-0.1, -0.05) is 13.3 Å². The van der Waals surface area contributed by atoms with Crippen molar-refractivity contribution in [3.63, 3.8) is 0 Å². The van der Waals surface area contributed by atoms with Crippen LogP contribution in [-0.2, 0) is 0 Å². The number of ether oxygens (including phenoxy) is 1. The predicted molar refractivity (Wildman–Crippen MR) is 76.2 cm³/mol. The second-order valence-electron chi connectivity index (χ2n) is 5.16. The molecule has 4 heteroatoms. The summed E-state index contributed by atoms with van der Waals surface area (Å²) in [5.74, 6) is 0.543. The minimum atomic E-state index is -0.225. The Kier molecular flexibility index (Phi) is 5.02. The van der Waals surface area contributed by atoms with E-state index in [1.807, 2.05) is 0 Å². The highest BCUT2D eigenvalue weighted by Gasteiger charge is 2.20. The molecule has 0 saturated carbocycles. The van der Waals surface area contributed by atoms with E-state index >= 15 is 0 Å². The van der Waals surface area contributed by atoms with Crippen LogP contribution >= 0.6 is 0 Å². The van der Waals surface area contributed by atoms with Crippen LogP contribution in [0.1, 0.15) is 32.6 Å². The van der Waals surface area contributed by atoms with Gasteiger partial charge in [0.1, 0.15) is 11.6 Å². The number of hydrogen-bond donors (Lipinski definition) is 1. The molecule has 1 aromatic carbocycles. The number of benzene rings is 1. The number of anilines is 1. The van der Waals surface area contributed by atoms with Gasteiger partial charge < -0.3 is 15.4 Å². The molecule has 0 spiro atoms. The molecule has 0 aromatic heterocycles. The maximum Gasteiger partial charge on any atom is 0.142 e. The van der Waals surface area contributed by atoms with Gasteiger partial charge in [0.2, 0.25) is 0 Å². The fourth-order valence-corrected chi connectivity index (χ4v) is 2.41. The first kappa shape index (κ1) is 14.1. The van der Waals surface area contributed by atoms with Crippen molar-refractivity contribution in [2.24, 2.45) is 5.73 Å². The van der Waals surface area contributed by atoms with Gasteiger partial charge in [-0.3, -0.25) is 0 Å². The van der Waals surface area contributed by atoms with Crippen LogP contribution in [-0.4, -0.2) is 25.7 Å². The smallest absolute Gasteiger partial charge is 0.142 e. The Morgan fingerprint density at radius 2 is 2.32 bits per heavy atom. The van der Waals surface area contributed by atoms with Gasteiger partial charge in [0.15, 0.2) is 0 Å². The van der Waals surface area contributed by atoms with E-state index in [-0.39, 0.29) is 11.9 Å². The zero-order valence-electron chi connectivity index (χ0n) is 11.6. The van der Waals surface area contributed by atoms with E-state index in [0.717, 1.165) is 50.2 Å². The third-order valence-corrected chi connectivity index (χ3v) is 3.47. The molecule has 3 nitrogen and oxygen atoms in total. The molecule has 0 bridgehead atoms. The molecular formula is C15H23FN2O. The van der Waals surface area contributed by atoms with Crippen LogP contribution in [0.4, 0.5) is 10.1 Å². The highest BCUT2D eigenvalue weighted by Crippen LogP contribution is 2.31. The fourth-order valence-electron chi connectivity index (χ4n) is 2.41. The molecular weight excluding hydrogens is 243 g/mol. The highest BCUT2D eigenvalue weighted by atomic mass is 19.1. The fraction of sp³-hybridized carbons (Fsp3) is 0.600. The zero-order chi connectivity index (χ0) is 13.7. The molecule has 1 unspecified atom stereocenters. The number of piperidine rings is 1. The van der Waals surface area contributed by atoms with Crippen LogP contribution in [0.3, 0.4) is 0 Å². The van der Waals surface area contributed by atoms with Gasteiger partial charge in [-0.15, -0.1) is 0 Å². The summed E-state index contributed by atoms with van der Waals surface area (Å²) >= 11 is 0. The Morgan fingerprint density at radius 3 is 3.05 bits per heavy atom. The number of rotatable bonds is 5. The molecule has 1 fully saturated rings. The Labute approximate surface area is 114 Å². The number of hydrogen-bond acceptors (Lipinski definition) is 3. The van der Waals surface area contributed by atoms with Crippen LogP contribution in [0.2, 0.25) is 0 Å². The van der Waals surface area contributed by atoms with Crippen molar-refractivity contribution >= 4 is 5.69 Å². The van der Waals surface area contributed by atoms with Crippen LogP contribution in [0.5, 0.6) is 5.75 Å². The molecule has 1 aromatic rings. The lowest BCUT2D eigenvalue weighted by molar-refractivity contribution is 0.308. The summed E-state index contributed by atoms with van der Waals surface area (Å²) in [5, 5.41) is 0. The molecule has 1 aliphatic rings. The van der Waals surface area contributed by atoms with Crippen molar-refractivity contribution < 1.29 is 9.13 Å². The first-order valence-electron chi connectivity index (χ1n) is 7.13. The Bertz CT molecular complexity index is 411. The molecule has 0 amide bonds. The first-order valence-corrected chi connectivity index (χ1v) is 7.13. The van der Waals surface area contributed by atoms with Gasteiger partial charge in [0.25, 0.3) is 0 Å². The van der Waals surface area contributed by atoms with Crippen molar-refractivity contribution in [1.29, 1.82) is 0 Å². The minimum absolute atomic E-state index is 0.167. The lowest BCUT2D eigenvalue weighted by Crippen LogP contribution is -2.43. The molecule has 1 heterocycles. The predicted octanol–water partition coefficient (Wildman–Crippen LogP) is 2.93. The maximum atomic E-state index is 13.5. The quantitative estimate of drug-likeness (QED) is 0.833. The minimum Gasteiger partial charge on any atom is -0.491 e. The summed E-state index contributed by atoms with van der Waals surface area (Å²) < 4.78 is 19.2. The monoisotopic (exact) mass is 266 g/mol. The third kappa shape index (κ3) is 3.83. The van der Waals surface area contributed by atoms with E-state index < -0.39 is 0 Å². The maximum absolute atomic E-state index is 13.5. The third-order valence-electron chi connectivity index (χ3n) is 3.47. The van der Waals surface area contributed by atoms with Gasteiger partial charge in [-0.2, -0.15) is 0 Å². The molecule has 1 saturated heterocycles. The van der Waals surface area contributed by atoms with E-state index in [9.17, 15) is 4.39 Å². The van der Waals surface area contributed by atoms with Crippen molar-refractivity contribution in [3.8, 4) is 5.75 Å². The zero-order valence-corrected chi connectivity index (χ0v) is 11.6. The van der Waals surface area contributed by atoms with Crippen LogP contribution in [0, 0.1) is 5.82 Å². The molecule has 1 aliphatic heterocycles. The molecule has 0 radical (unpaired) electrons. The van der Waals surface area contributed by atoms with E-state index in [1.165, 1.54) is 6.07 Å². The summed E-state index contributed by atoms with van der Waals surface area (Å²) in [6, 6.07) is 4.90. The van der Waals surface area contributed by atoms with Gasteiger partial charge in [0, 0.05) is 25.2 Å². The molecule has 19 heavy (non-hydrogen) atoms. The van der Waals surface area contributed by atoms with Crippen molar-refractivity contribution in [1.82, 2.24) is 0 Å². The van der Waals surface area contributed by atoms with Crippen molar-refractivity contribution in [2.45, 2.75) is 38.6 Å². The van der Waals surface area contributed by atoms with Crippen molar-refractivity contribution in [3.05, 3.63) is 24.0 Å². The normalized spacial score (nSPS) is 19.5. The lowest BCUT2D eigenvalue weighted by atomic mass is 10.1.